The summed E-state index contributed by atoms with van der Waals surface area (Å²) in [5.74, 6) is -0.591. The molecule has 0 aliphatic carbocycles. The SMILES string of the molecule is [C-]#[N+]/C(OOCCCOCCOC(=O)/C(C#N)=C1\Sc2ccccc2N1CCCOC(=O)C=C)=C1/Sc2ccccc2N1CCC(C)CC. The van der Waals surface area contributed by atoms with E-state index in [9.17, 15) is 14.9 Å². The number of carbonyl (C=O) groups excluding carboxylic acids is 2. The molecule has 0 radical (unpaired) electrons. The van der Waals surface area contributed by atoms with Crippen molar-refractivity contribution in [3.63, 3.8) is 0 Å². The average molecular weight is 705 g/mol. The monoisotopic (exact) mass is 704 g/mol. The third-order valence-corrected chi connectivity index (χ3v) is 9.96. The number of nitrogens with zero attached hydrogens (tertiary/aromatic N) is 4. The zero-order valence-electron chi connectivity index (χ0n) is 27.7. The summed E-state index contributed by atoms with van der Waals surface area (Å²) >= 11 is 2.82. The van der Waals surface area contributed by atoms with Gasteiger partial charge in [-0.1, -0.05) is 74.6 Å². The fourth-order valence-electron chi connectivity index (χ4n) is 4.84. The van der Waals surface area contributed by atoms with E-state index >= 15 is 0 Å². The Morgan fingerprint density at radius 2 is 1.61 bits per heavy atom. The molecule has 2 aliphatic heterocycles. The Morgan fingerprint density at radius 3 is 2.27 bits per heavy atom. The Hall–Kier alpha value is -4.40. The number of hydrogen-bond donors (Lipinski definition) is 0. The number of anilines is 2. The largest absolute Gasteiger partial charge is 0.462 e. The third kappa shape index (κ3) is 10.3. The molecule has 0 amide bonds. The van der Waals surface area contributed by atoms with E-state index in [2.05, 4.69) is 36.2 Å². The van der Waals surface area contributed by atoms with Crippen molar-refractivity contribution >= 4 is 46.8 Å². The van der Waals surface area contributed by atoms with Gasteiger partial charge in [0.05, 0.1) is 37.8 Å². The van der Waals surface area contributed by atoms with Gasteiger partial charge in [0, 0.05) is 35.6 Å². The highest BCUT2D eigenvalue weighted by Crippen LogP contribution is 2.48. The molecular weight excluding hydrogens is 665 g/mol. The molecule has 4 rings (SSSR count). The Bertz CT molecular complexity index is 1630. The first kappa shape index (κ1) is 37.4. The molecule has 2 heterocycles. The predicted molar refractivity (Wildman–Crippen MR) is 189 cm³/mol. The molecule has 0 fully saturated rings. The van der Waals surface area contributed by atoms with Crippen LogP contribution in [0, 0.1) is 23.8 Å². The molecule has 0 saturated carbocycles. The lowest BCUT2D eigenvalue weighted by Crippen LogP contribution is -2.24. The minimum absolute atomic E-state index is 0.0397. The summed E-state index contributed by atoms with van der Waals surface area (Å²) in [5.41, 5.74) is 1.82. The van der Waals surface area contributed by atoms with Gasteiger partial charge in [0.15, 0.2) is 5.57 Å². The summed E-state index contributed by atoms with van der Waals surface area (Å²) in [6.07, 6.45) is 4.15. The van der Waals surface area contributed by atoms with Crippen molar-refractivity contribution < 1.29 is 33.6 Å². The van der Waals surface area contributed by atoms with Crippen LogP contribution in [0.15, 0.2) is 92.5 Å². The predicted octanol–water partition coefficient (Wildman–Crippen LogP) is 7.45. The number of hydrogen-bond acceptors (Lipinski definition) is 12. The molecule has 2 aromatic carbocycles. The van der Waals surface area contributed by atoms with Gasteiger partial charge in [0.2, 0.25) is 0 Å². The number of ether oxygens (including phenoxy) is 3. The molecule has 13 heteroatoms. The van der Waals surface area contributed by atoms with Crippen LogP contribution in [0.25, 0.3) is 4.85 Å². The summed E-state index contributed by atoms with van der Waals surface area (Å²) in [6, 6.07) is 17.6. The van der Waals surface area contributed by atoms with Crippen LogP contribution in [-0.4, -0.2) is 58.1 Å². The average Bonchev–Trinajstić information content (AvgIpc) is 3.68. The summed E-state index contributed by atoms with van der Waals surface area (Å²) in [4.78, 5) is 44.7. The van der Waals surface area contributed by atoms with Crippen molar-refractivity contribution in [3.8, 4) is 6.07 Å². The molecule has 0 bridgehead atoms. The van der Waals surface area contributed by atoms with E-state index in [1.807, 2.05) is 53.4 Å². The van der Waals surface area contributed by atoms with Crippen LogP contribution >= 0.6 is 23.5 Å². The van der Waals surface area contributed by atoms with Gasteiger partial charge in [-0.15, -0.1) is 0 Å². The van der Waals surface area contributed by atoms with Crippen LogP contribution < -0.4 is 9.80 Å². The van der Waals surface area contributed by atoms with Gasteiger partial charge in [-0.3, -0.25) is 0 Å². The number of thioether (sulfide) groups is 2. The second kappa shape index (κ2) is 19.6. The second-order valence-corrected chi connectivity index (χ2v) is 13.1. The number of para-hydroxylation sites is 2. The van der Waals surface area contributed by atoms with Crippen molar-refractivity contribution in [1.82, 2.24) is 0 Å². The minimum atomic E-state index is -0.744. The van der Waals surface area contributed by atoms with Crippen molar-refractivity contribution in [3.05, 3.63) is 94.1 Å². The lowest BCUT2D eigenvalue weighted by molar-refractivity contribution is -0.260. The fraction of sp³-hybridized carbons (Fsp3) is 0.389. The maximum atomic E-state index is 12.9. The Balaban J connectivity index is 1.21. The zero-order valence-corrected chi connectivity index (χ0v) is 29.4. The van der Waals surface area contributed by atoms with E-state index in [-0.39, 0.29) is 37.9 Å². The van der Waals surface area contributed by atoms with Crippen molar-refractivity contribution in [2.75, 3.05) is 55.9 Å². The molecule has 1 unspecified atom stereocenters. The van der Waals surface area contributed by atoms with Crippen LogP contribution in [0.2, 0.25) is 0 Å². The molecular formula is C36H40N4O7S2. The second-order valence-electron chi connectivity index (χ2n) is 11.0. The summed E-state index contributed by atoms with van der Waals surface area (Å²) in [6.45, 7) is 17.5. The van der Waals surface area contributed by atoms with Crippen molar-refractivity contribution in [2.45, 2.75) is 49.3 Å². The zero-order chi connectivity index (χ0) is 35.0. The summed E-state index contributed by atoms with van der Waals surface area (Å²) in [7, 11) is 0. The normalized spacial score (nSPS) is 15.8. The van der Waals surface area contributed by atoms with Crippen LogP contribution in [0.1, 0.15) is 39.5 Å². The number of rotatable bonds is 19. The first-order valence-electron chi connectivity index (χ1n) is 16.1. The number of nitriles is 1. The van der Waals surface area contributed by atoms with Crippen LogP contribution in [0.5, 0.6) is 0 Å². The third-order valence-electron chi connectivity index (χ3n) is 7.62. The van der Waals surface area contributed by atoms with Crippen molar-refractivity contribution in [1.29, 1.82) is 5.26 Å². The Kier molecular flexibility index (Phi) is 14.9. The van der Waals surface area contributed by atoms with Gasteiger partial charge in [0.1, 0.15) is 22.7 Å². The first-order valence-corrected chi connectivity index (χ1v) is 17.7. The smallest absolute Gasteiger partial charge is 0.401 e. The van der Waals surface area contributed by atoms with E-state index in [1.54, 1.807) is 0 Å². The standard InChI is InChI=1S/C36H40N4O7S2/c1-5-26(3)17-19-40-29-14-8-10-16-31(29)49-35(40)33(38-4)47-46-22-12-20-43-23-24-45-36(42)27(25-37)34-39(18-11-21-44-32(41)6-2)28-13-7-9-15-30(28)48-34/h6-10,13-16,26H,2,5,11-12,17-24H2,1,3H3/b34-27-,35-33-. The van der Waals surface area contributed by atoms with Crippen LogP contribution in [0.3, 0.4) is 0 Å². The Morgan fingerprint density at radius 1 is 0.939 bits per heavy atom. The molecule has 0 N–H and O–H groups in total. The van der Waals surface area contributed by atoms with Gasteiger partial charge in [-0.05, 0) is 49.4 Å². The van der Waals surface area contributed by atoms with Gasteiger partial charge in [-0.25, -0.2) is 14.5 Å². The first-order chi connectivity index (χ1) is 23.9. The lowest BCUT2D eigenvalue weighted by Gasteiger charge is -2.22. The van der Waals surface area contributed by atoms with E-state index in [0.29, 0.717) is 36.9 Å². The highest BCUT2D eigenvalue weighted by molar-refractivity contribution is 8.04. The number of carbonyl (C=O) groups is 2. The lowest BCUT2D eigenvalue weighted by atomic mass is 10.1. The van der Waals surface area contributed by atoms with Gasteiger partial charge < -0.3 is 28.9 Å². The van der Waals surface area contributed by atoms with Gasteiger partial charge in [-0.2, -0.15) is 10.1 Å². The molecule has 0 aromatic heterocycles. The topological polar surface area (TPSA) is 115 Å². The Labute approximate surface area is 296 Å². The highest BCUT2D eigenvalue weighted by Gasteiger charge is 2.31. The van der Waals surface area contributed by atoms with E-state index in [1.165, 1.54) is 23.5 Å². The van der Waals surface area contributed by atoms with Crippen molar-refractivity contribution in [2.24, 2.45) is 5.92 Å². The molecule has 0 saturated heterocycles. The van der Waals surface area contributed by atoms with Gasteiger partial charge >= 0.3 is 17.8 Å². The molecule has 0 spiro atoms. The quantitative estimate of drug-likeness (QED) is 0.0212. The van der Waals surface area contributed by atoms with Crippen LogP contribution in [0.4, 0.5) is 11.4 Å². The molecule has 1 atom stereocenters. The maximum Gasteiger partial charge on any atom is 0.401 e. The van der Waals surface area contributed by atoms with E-state index in [0.717, 1.165) is 51.7 Å². The summed E-state index contributed by atoms with van der Waals surface area (Å²) in [5, 5.41) is 11.1. The number of benzene rings is 2. The minimum Gasteiger partial charge on any atom is -0.462 e. The number of fused-ring (bicyclic) bond motifs is 2. The fourth-order valence-corrected chi connectivity index (χ4v) is 7.11. The van der Waals surface area contributed by atoms with Gasteiger partial charge in [0.25, 0.3) is 0 Å². The van der Waals surface area contributed by atoms with E-state index < -0.39 is 11.9 Å². The maximum absolute atomic E-state index is 12.9. The summed E-state index contributed by atoms with van der Waals surface area (Å²) < 4.78 is 16.0. The molecule has 2 aromatic rings. The highest BCUT2D eigenvalue weighted by atomic mass is 32.2. The number of esters is 2. The van der Waals surface area contributed by atoms with E-state index in [4.69, 9.17) is 30.6 Å². The molecule has 11 nitrogen and oxygen atoms in total. The molecule has 258 valence electrons. The molecule has 49 heavy (non-hydrogen) atoms. The molecule has 2 aliphatic rings. The van der Waals surface area contributed by atoms with Crippen LogP contribution in [-0.2, 0) is 33.6 Å².